The molecule has 0 radical (unpaired) electrons. The van der Waals surface area contributed by atoms with Crippen LogP contribution in [0.1, 0.15) is 13.8 Å². The first-order valence-electron chi connectivity index (χ1n) is 6.21. The fourth-order valence-corrected chi connectivity index (χ4v) is 2.46. The van der Waals surface area contributed by atoms with Gasteiger partial charge in [0.25, 0.3) is 0 Å². The molecule has 1 aromatic rings. The summed E-state index contributed by atoms with van der Waals surface area (Å²) in [5, 5.41) is 11.2. The second-order valence-corrected chi connectivity index (χ2v) is 6.36. The molecule has 9 heteroatoms. The number of amidine groups is 1. The van der Waals surface area contributed by atoms with E-state index < -0.39 is 10.2 Å². The van der Waals surface area contributed by atoms with Crippen LogP contribution in [0.2, 0.25) is 0 Å². The number of ether oxygens (including phenoxy) is 1. The van der Waals surface area contributed by atoms with Gasteiger partial charge in [-0.1, -0.05) is 11.2 Å². The van der Waals surface area contributed by atoms with Gasteiger partial charge in [-0.2, -0.15) is 12.7 Å². The third kappa shape index (κ3) is 5.12. The Morgan fingerprint density at radius 3 is 2.76 bits per heavy atom. The lowest BCUT2D eigenvalue weighted by atomic mass is 10.3. The van der Waals surface area contributed by atoms with Gasteiger partial charge in [-0.25, -0.2) is 0 Å². The molecule has 4 N–H and O–H groups in total. The fourth-order valence-electron chi connectivity index (χ4n) is 1.33. The molecular weight excluding hydrogens is 296 g/mol. The maximum atomic E-state index is 12.1. The van der Waals surface area contributed by atoms with Crippen molar-refractivity contribution >= 4 is 21.7 Å². The summed E-state index contributed by atoms with van der Waals surface area (Å²) in [6, 6.07) is 6.21. The van der Waals surface area contributed by atoms with Gasteiger partial charge in [0.15, 0.2) is 5.84 Å². The summed E-state index contributed by atoms with van der Waals surface area (Å²) >= 11 is 0. The standard InChI is InChI=1S/C12H20N4O4S/c1-9(2)16(3)21(18,19)15-10-5-4-6-11(7-10)20-8-12(13)14-17/h4-7,9,15,17H,8H2,1-3H3,(H2,13,14). The summed E-state index contributed by atoms with van der Waals surface area (Å²) in [6.07, 6.45) is 0. The molecule has 8 nitrogen and oxygen atoms in total. The molecule has 0 atom stereocenters. The maximum absolute atomic E-state index is 12.1. The van der Waals surface area contributed by atoms with Crippen LogP contribution in [0, 0.1) is 0 Å². The van der Waals surface area contributed by atoms with E-state index in [0.717, 1.165) is 0 Å². The van der Waals surface area contributed by atoms with Crippen LogP contribution in [0.4, 0.5) is 5.69 Å². The van der Waals surface area contributed by atoms with Crippen molar-refractivity contribution in [2.24, 2.45) is 10.9 Å². The normalized spacial score (nSPS) is 12.7. The number of nitrogens with zero attached hydrogens (tertiary/aromatic N) is 2. The van der Waals surface area contributed by atoms with Crippen molar-refractivity contribution in [3.05, 3.63) is 24.3 Å². The molecule has 0 heterocycles. The van der Waals surface area contributed by atoms with Crippen molar-refractivity contribution in [3.8, 4) is 5.75 Å². The van der Waals surface area contributed by atoms with Crippen molar-refractivity contribution in [1.82, 2.24) is 4.31 Å². The Hall–Kier alpha value is -2.00. The lowest BCUT2D eigenvalue weighted by Crippen LogP contribution is -2.37. The van der Waals surface area contributed by atoms with Crippen LogP contribution in [0.15, 0.2) is 29.4 Å². The number of benzene rings is 1. The zero-order valence-electron chi connectivity index (χ0n) is 12.1. The zero-order valence-corrected chi connectivity index (χ0v) is 13.0. The van der Waals surface area contributed by atoms with Crippen molar-refractivity contribution in [2.45, 2.75) is 19.9 Å². The Kier molecular flexibility index (Phi) is 5.79. The fraction of sp³-hybridized carbons (Fsp3) is 0.417. The van der Waals surface area contributed by atoms with Crippen molar-refractivity contribution in [1.29, 1.82) is 0 Å². The average molecular weight is 316 g/mol. The molecule has 0 bridgehead atoms. The van der Waals surface area contributed by atoms with Crippen molar-refractivity contribution in [3.63, 3.8) is 0 Å². The summed E-state index contributed by atoms with van der Waals surface area (Å²) in [5.41, 5.74) is 5.65. The molecule has 0 aliphatic heterocycles. The molecule has 0 unspecified atom stereocenters. The monoisotopic (exact) mass is 316 g/mol. The minimum Gasteiger partial charge on any atom is -0.485 e. The number of oxime groups is 1. The average Bonchev–Trinajstić information content (AvgIpc) is 2.43. The van der Waals surface area contributed by atoms with E-state index in [1.807, 2.05) is 0 Å². The number of anilines is 1. The topological polar surface area (TPSA) is 117 Å². The Morgan fingerprint density at radius 2 is 2.19 bits per heavy atom. The van der Waals surface area contributed by atoms with Gasteiger partial charge in [0.2, 0.25) is 0 Å². The maximum Gasteiger partial charge on any atom is 0.301 e. The SMILES string of the molecule is CC(C)N(C)S(=O)(=O)Nc1cccc(OCC(N)=NO)c1. The second kappa shape index (κ2) is 7.14. The minimum absolute atomic E-state index is 0.0828. The van der Waals surface area contributed by atoms with Gasteiger partial charge >= 0.3 is 10.2 Å². The molecule has 0 fully saturated rings. The van der Waals surface area contributed by atoms with E-state index >= 15 is 0 Å². The number of rotatable bonds is 7. The third-order valence-corrected chi connectivity index (χ3v) is 4.38. The molecule has 0 aliphatic rings. The van der Waals surface area contributed by atoms with Crippen LogP contribution >= 0.6 is 0 Å². The molecule has 1 aromatic carbocycles. The first kappa shape index (κ1) is 17.1. The Labute approximate surface area is 124 Å². The summed E-state index contributed by atoms with van der Waals surface area (Å²) in [7, 11) is -2.13. The van der Waals surface area contributed by atoms with E-state index in [9.17, 15) is 8.42 Å². The van der Waals surface area contributed by atoms with Crippen LogP contribution < -0.4 is 15.2 Å². The Morgan fingerprint density at radius 1 is 1.52 bits per heavy atom. The molecule has 21 heavy (non-hydrogen) atoms. The van der Waals surface area contributed by atoms with Gasteiger partial charge in [0.1, 0.15) is 12.4 Å². The highest BCUT2D eigenvalue weighted by Crippen LogP contribution is 2.19. The number of nitrogens with two attached hydrogens (primary N) is 1. The molecule has 0 saturated heterocycles. The molecular formula is C12H20N4O4S. The number of nitrogens with one attached hydrogen (secondary N) is 1. The predicted molar refractivity (Wildman–Crippen MR) is 80.8 cm³/mol. The molecule has 0 amide bonds. The molecule has 0 spiro atoms. The summed E-state index contributed by atoms with van der Waals surface area (Å²) < 4.78 is 33.1. The van der Waals surface area contributed by atoms with Crippen LogP contribution in [-0.2, 0) is 10.2 Å². The lowest BCUT2D eigenvalue weighted by molar-refractivity contribution is 0.306. The highest BCUT2D eigenvalue weighted by molar-refractivity contribution is 7.90. The summed E-state index contributed by atoms with van der Waals surface area (Å²) in [6.45, 7) is 3.45. The first-order chi connectivity index (χ1) is 9.76. The van der Waals surface area contributed by atoms with Crippen LogP contribution in [-0.4, -0.2) is 43.5 Å². The predicted octanol–water partition coefficient (Wildman–Crippen LogP) is 0.809. The van der Waals surface area contributed by atoms with Crippen molar-refractivity contribution in [2.75, 3.05) is 18.4 Å². The summed E-state index contributed by atoms with van der Waals surface area (Å²) in [4.78, 5) is 0. The van der Waals surface area contributed by atoms with E-state index in [0.29, 0.717) is 11.4 Å². The van der Waals surface area contributed by atoms with Crippen molar-refractivity contribution < 1.29 is 18.4 Å². The quantitative estimate of drug-likeness (QED) is 0.298. The highest BCUT2D eigenvalue weighted by atomic mass is 32.2. The van der Waals surface area contributed by atoms with Crippen LogP contribution in [0.25, 0.3) is 0 Å². The second-order valence-electron chi connectivity index (χ2n) is 4.62. The largest absolute Gasteiger partial charge is 0.485 e. The van der Waals surface area contributed by atoms with Crippen LogP contribution in [0.3, 0.4) is 0 Å². The van der Waals surface area contributed by atoms with E-state index in [-0.39, 0.29) is 18.5 Å². The number of hydrogen-bond donors (Lipinski definition) is 3. The zero-order chi connectivity index (χ0) is 16.0. The lowest BCUT2D eigenvalue weighted by Gasteiger charge is -2.21. The Balaban J connectivity index is 2.81. The van der Waals surface area contributed by atoms with Gasteiger partial charge in [-0.15, -0.1) is 0 Å². The van der Waals surface area contributed by atoms with Gasteiger partial charge < -0.3 is 15.7 Å². The minimum atomic E-state index is -3.63. The van der Waals surface area contributed by atoms with Gasteiger partial charge in [0.05, 0.1) is 5.69 Å². The Bertz CT molecular complexity index is 601. The number of hydrogen-bond acceptors (Lipinski definition) is 5. The molecule has 0 saturated carbocycles. The van der Waals surface area contributed by atoms with Gasteiger partial charge in [-0.05, 0) is 26.0 Å². The van der Waals surface area contributed by atoms with E-state index in [1.165, 1.54) is 17.4 Å². The molecule has 1 rings (SSSR count). The summed E-state index contributed by atoms with van der Waals surface area (Å²) in [5.74, 6) is 0.314. The van der Waals surface area contributed by atoms with Crippen LogP contribution in [0.5, 0.6) is 5.75 Å². The van der Waals surface area contributed by atoms with Gasteiger partial charge in [-0.3, -0.25) is 4.72 Å². The van der Waals surface area contributed by atoms with E-state index in [4.69, 9.17) is 15.7 Å². The molecule has 0 aliphatic carbocycles. The first-order valence-corrected chi connectivity index (χ1v) is 7.65. The highest BCUT2D eigenvalue weighted by Gasteiger charge is 2.20. The van der Waals surface area contributed by atoms with Gasteiger partial charge in [0, 0.05) is 19.2 Å². The smallest absolute Gasteiger partial charge is 0.301 e. The van der Waals surface area contributed by atoms with E-state index in [2.05, 4.69) is 9.88 Å². The van der Waals surface area contributed by atoms with E-state index in [1.54, 1.807) is 32.0 Å². The molecule has 0 aromatic heterocycles. The third-order valence-electron chi connectivity index (χ3n) is 2.70. The molecule has 118 valence electrons.